The average molecular weight is 360 g/mol. The Kier molecular flexibility index (Phi) is 6.51. The summed E-state index contributed by atoms with van der Waals surface area (Å²) in [6, 6.07) is 7.62. The third-order valence-corrected chi connectivity index (χ3v) is 3.67. The number of carboxylic acids is 1. The molecule has 0 bridgehead atoms. The molecule has 8 heteroatoms. The van der Waals surface area contributed by atoms with Crippen LogP contribution >= 0.6 is 0 Å². The lowest BCUT2D eigenvalue weighted by Gasteiger charge is -2.23. The van der Waals surface area contributed by atoms with Gasteiger partial charge in [-0.1, -0.05) is 0 Å². The predicted molar refractivity (Wildman–Crippen MR) is 94.3 cm³/mol. The minimum atomic E-state index is -1.13. The van der Waals surface area contributed by atoms with Gasteiger partial charge in [-0.05, 0) is 24.3 Å². The number of ether oxygens (including phenoxy) is 3. The molecule has 2 rings (SSSR count). The highest BCUT2D eigenvalue weighted by Gasteiger charge is 2.21. The van der Waals surface area contributed by atoms with Crippen molar-refractivity contribution in [3.05, 3.63) is 47.8 Å². The van der Waals surface area contributed by atoms with Crippen molar-refractivity contribution in [2.75, 3.05) is 39.4 Å². The zero-order chi connectivity index (χ0) is 19.1. The van der Waals surface area contributed by atoms with Crippen molar-refractivity contribution in [3.8, 4) is 11.5 Å². The molecule has 1 amide bonds. The second-order valence-electron chi connectivity index (χ2n) is 5.22. The van der Waals surface area contributed by atoms with Gasteiger partial charge in [0.2, 0.25) is 0 Å². The Morgan fingerprint density at radius 2 is 1.81 bits per heavy atom. The predicted octanol–water partition coefficient (Wildman–Crippen LogP) is 2.09. The number of aromatic carboxylic acids is 1. The molecule has 0 saturated heterocycles. The number of methoxy groups -OCH3 is 3. The van der Waals surface area contributed by atoms with Crippen LogP contribution in [-0.4, -0.2) is 56.4 Å². The van der Waals surface area contributed by atoms with E-state index in [-0.39, 0.29) is 17.8 Å². The standard InChI is InChI=1S/C18H20N2O6/c1-24-9-8-20(13-4-5-15(25-2)16(11-13)26-3)17(21)14-10-12(18(22)23)6-7-19-14/h4-7,10-11H,8-9H2,1-3H3,(H,22,23). The number of rotatable bonds is 8. The second-order valence-corrected chi connectivity index (χ2v) is 5.22. The fraction of sp³-hybridized carbons (Fsp3) is 0.278. The third-order valence-electron chi connectivity index (χ3n) is 3.67. The van der Waals surface area contributed by atoms with E-state index in [1.807, 2.05) is 0 Å². The van der Waals surface area contributed by atoms with E-state index in [2.05, 4.69) is 4.98 Å². The van der Waals surface area contributed by atoms with Crippen molar-refractivity contribution < 1.29 is 28.9 Å². The second kappa shape index (κ2) is 8.82. The van der Waals surface area contributed by atoms with E-state index < -0.39 is 11.9 Å². The SMILES string of the molecule is COCCN(C(=O)c1cc(C(=O)O)ccn1)c1ccc(OC)c(OC)c1. The van der Waals surface area contributed by atoms with E-state index in [1.54, 1.807) is 18.2 Å². The normalized spacial score (nSPS) is 10.3. The highest BCUT2D eigenvalue weighted by molar-refractivity contribution is 6.06. The van der Waals surface area contributed by atoms with Crippen LogP contribution in [0.3, 0.4) is 0 Å². The lowest BCUT2D eigenvalue weighted by atomic mass is 10.2. The first kappa shape index (κ1) is 19.2. The van der Waals surface area contributed by atoms with Crippen molar-refractivity contribution >= 4 is 17.6 Å². The van der Waals surface area contributed by atoms with Crippen LogP contribution in [-0.2, 0) is 4.74 Å². The Labute approximate surface area is 150 Å². The minimum Gasteiger partial charge on any atom is -0.493 e. The van der Waals surface area contributed by atoms with Crippen molar-refractivity contribution in [1.29, 1.82) is 0 Å². The Morgan fingerprint density at radius 1 is 1.08 bits per heavy atom. The first-order valence-corrected chi connectivity index (χ1v) is 7.74. The fourth-order valence-electron chi connectivity index (χ4n) is 2.34. The average Bonchev–Trinajstić information content (AvgIpc) is 2.67. The number of benzene rings is 1. The Morgan fingerprint density at radius 3 is 2.42 bits per heavy atom. The number of pyridine rings is 1. The molecular weight excluding hydrogens is 340 g/mol. The fourth-order valence-corrected chi connectivity index (χ4v) is 2.34. The van der Waals surface area contributed by atoms with Crippen molar-refractivity contribution in [2.24, 2.45) is 0 Å². The Hall–Kier alpha value is -3.13. The molecule has 0 saturated carbocycles. The van der Waals surface area contributed by atoms with Gasteiger partial charge in [0.1, 0.15) is 5.69 Å². The topological polar surface area (TPSA) is 98.2 Å². The van der Waals surface area contributed by atoms with E-state index in [1.165, 1.54) is 44.6 Å². The van der Waals surface area contributed by atoms with Crippen LogP contribution in [0.15, 0.2) is 36.5 Å². The zero-order valence-corrected chi connectivity index (χ0v) is 14.8. The largest absolute Gasteiger partial charge is 0.493 e. The van der Waals surface area contributed by atoms with Gasteiger partial charge in [0.15, 0.2) is 11.5 Å². The number of hydrogen-bond donors (Lipinski definition) is 1. The molecule has 0 radical (unpaired) electrons. The maximum absolute atomic E-state index is 12.9. The van der Waals surface area contributed by atoms with E-state index in [0.29, 0.717) is 23.8 Å². The Bertz CT molecular complexity index is 793. The number of amides is 1. The summed E-state index contributed by atoms with van der Waals surface area (Å²) in [6.45, 7) is 0.544. The van der Waals surface area contributed by atoms with Crippen LogP contribution in [0.2, 0.25) is 0 Å². The van der Waals surface area contributed by atoms with Crippen LogP contribution in [0.4, 0.5) is 5.69 Å². The van der Waals surface area contributed by atoms with E-state index in [9.17, 15) is 9.59 Å². The summed E-state index contributed by atoms with van der Waals surface area (Å²) in [5.41, 5.74) is 0.561. The summed E-state index contributed by atoms with van der Waals surface area (Å²) in [5.74, 6) is -0.581. The molecule has 26 heavy (non-hydrogen) atoms. The molecule has 0 aliphatic carbocycles. The molecule has 1 heterocycles. The van der Waals surface area contributed by atoms with Gasteiger partial charge in [0.05, 0.1) is 26.4 Å². The van der Waals surface area contributed by atoms with Gasteiger partial charge in [-0.2, -0.15) is 0 Å². The Balaban J connectivity index is 2.42. The number of carboxylic acid groups (broad SMARTS) is 1. The van der Waals surface area contributed by atoms with Crippen LogP contribution in [0.5, 0.6) is 11.5 Å². The zero-order valence-electron chi connectivity index (χ0n) is 14.8. The van der Waals surface area contributed by atoms with Crippen molar-refractivity contribution in [1.82, 2.24) is 4.98 Å². The highest BCUT2D eigenvalue weighted by atomic mass is 16.5. The highest BCUT2D eigenvalue weighted by Crippen LogP contribution is 2.32. The number of aromatic nitrogens is 1. The summed E-state index contributed by atoms with van der Waals surface area (Å²) in [5, 5.41) is 9.11. The van der Waals surface area contributed by atoms with Gasteiger partial charge in [-0.3, -0.25) is 9.78 Å². The summed E-state index contributed by atoms with van der Waals surface area (Å²) in [7, 11) is 4.55. The quantitative estimate of drug-likeness (QED) is 0.769. The molecular formula is C18H20N2O6. The maximum atomic E-state index is 12.9. The molecule has 138 valence electrons. The molecule has 0 fully saturated rings. The molecule has 0 aliphatic heterocycles. The smallest absolute Gasteiger partial charge is 0.335 e. The lowest BCUT2D eigenvalue weighted by molar-refractivity contribution is 0.0696. The lowest BCUT2D eigenvalue weighted by Crippen LogP contribution is -2.34. The van der Waals surface area contributed by atoms with Crippen LogP contribution < -0.4 is 14.4 Å². The maximum Gasteiger partial charge on any atom is 0.335 e. The number of anilines is 1. The first-order chi connectivity index (χ1) is 12.5. The van der Waals surface area contributed by atoms with Gasteiger partial charge in [0.25, 0.3) is 5.91 Å². The third kappa shape index (κ3) is 4.28. The monoisotopic (exact) mass is 360 g/mol. The van der Waals surface area contributed by atoms with E-state index >= 15 is 0 Å². The van der Waals surface area contributed by atoms with Gasteiger partial charge >= 0.3 is 5.97 Å². The van der Waals surface area contributed by atoms with E-state index in [4.69, 9.17) is 19.3 Å². The number of nitrogens with zero attached hydrogens (tertiary/aromatic N) is 2. The molecule has 1 aromatic carbocycles. The van der Waals surface area contributed by atoms with Gasteiger partial charge in [-0.25, -0.2) is 4.79 Å². The van der Waals surface area contributed by atoms with Crippen LogP contribution in [0.25, 0.3) is 0 Å². The molecule has 0 spiro atoms. The molecule has 0 aliphatic rings. The van der Waals surface area contributed by atoms with Crippen molar-refractivity contribution in [2.45, 2.75) is 0 Å². The number of carbonyl (C=O) groups excluding carboxylic acids is 1. The van der Waals surface area contributed by atoms with Gasteiger partial charge in [-0.15, -0.1) is 0 Å². The molecule has 1 N–H and O–H groups in total. The van der Waals surface area contributed by atoms with E-state index in [0.717, 1.165) is 0 Å². The first-order valence-electron chi connectivity index (χ1n) is 7.74. The number of carbonyl (C=O) groups is 2. The van der Waals surface area contributed by atoms with Crippen LogP contribution in [0.1, 0.15) is 20.8 Å². The van der Waals surface area contributed by atoms with Crippen molar-refractivity contribution in [3.63, 3.8) is 0 Å². The summed E-state index contributed by atoms with van der Waals surface area (Å²) < 4.78 is 15.6. The molecule has 0 unspecified atom stereocenters. The molecule has 2 aromatic rings. The summed E-state index contributed by atoms with van der Waals surface area (Å²) in [4.78, 5) is 29.5. The molecule has 1 aromatic heterocycles. The van der Waals surface area contributed by atoms with Gasteiger partial charge in [0, 0.05) is 31.6 Å². The summed E-state index contributed by atoms with van der Waals surface area (Å²) >= 11 is 0. The molecule has 8 nitrogen and oxygen atoms in total. The minimum absolute atomic E-state index is 0.0117. The van der Waals surface area contributed by atoms with Gasteiger partial charge < -0.3 is 24.2 Å². The van der Waals surface area contributed by atoms with Crippen LogP contribution in [0, 0.1) is 0 Å². The summed E-state index contributed by atoms with van der Waals surface area (Å²) in [6.07, 6.45) is 1.29. The number of hydrogen-bond acceptors (Lipinski definition) is 6. The molecule has 0 atom stereocenters.